The smallest absolute Gasteiger partial charge is 0.354 e. The number of aromatic nitrogens is 2. The SMILES string of the molecule is COc1cc(C)ccc1-c1ccc2ncc(C(=O)O)n2c1. The van der Waals surface area contributed by atoms with Crippen molar-refractivity contribution in [1.82, 2.24) is 9.38 Å². The summed E-state index contributed by atoms with van der Waals surface area (Å²) < 4.78 is 6.98. The molecule has 0 aliphatic heterocycles. The number of nitrogens with zero attached hydrogens (tertiary/aromatic N) is 2. The Morgan fingerprint density at radius 3 is 2.81 bits per heavy atom. The maximum absolute atomic E-state index is 11.2. The number of hydrogen-bond donors (Lipinski definition) is 1. The molecule has 3 aromatic rings. The van der Waals surface area contributed by atoms with E-state index in [9.17, 15) is 9.90 Å². The molecule has 0 aliphatic carbocycles. The van der Waals surface area contributed by atoms with E-state index in [0.717, 1.165) is 22.4 Å². The van der Waals surface area contributed by atoms with Crippen molar-refractivity contribution in [3.63, 3.8) is 0 Å². The number of methoxy groups -OCH3 is 1. The number of pyridine rings is 1. The summed E-state index contributed by atoms with van der Waals surface area (Å²) in [6, 6.07) is 9.61. The summed E-state index contributed by atoms with van der Waals surface area (Å²) >= 11 is 0. The lowest BCUT2D eigenvalue weighted by molar-refractivity contribution is 0.0689. The molecule has 1 aromatic carbocycles. The van der Waals surface area contributed by atoms with E-state index in [1.54, 1.807) is 23.8 Å². The lowest BCUT2D eigenvalue weighted by Gasteiger charge is -2.10. The number of aryl methyl sites for hydroxylation is 1. The van der Waals surface area contributed by atoms with E-state index in [1.807, 2.05) is 31.2 Å². The van der Waals surface area contributed by atoms with Crippen molar-refractivity contribution in [2.45, 2.75) is 6.92 Å². The van der Waals surface area contributed by atoms with Crippen LogP contribution in [0.5, 0.6) is 5.75 Å². The van der Waals surface area contributed by atoms with Crippen LogP contribution in [-0.4, -0.2) is 27.6 Å². The molecule has 0 fully saturated rings. The largest absolute Gasteiger partial charge is 0.496 e. The monoisotopic (exact) mass is 282 g/mol. The number of fused-ring (bicyclic) bond motifs is 1. The van der Waals surface area contributed by atoms with Crippen molar-refractivity contribution in [1.29, 1.82) is 0 Å². The zero-order valence-electron chi connectivity index (χ0n) is 11.7. The minimum Gasteiger partial charge on any atom is -0.496 e. The lowest BCUT2D eigenvalue weighted by Crippen LogP contribution is -2.01. The van der Waals surface area contributed by atoms with Gasteiger partial charge in [-0.3, -0.25) is 4.40 Å². The summed E-state index contributed by atoms with van der Waals surface area (Å²) in [5.74, 6) is -0.248. The second-order valence-corrected chi connectivity index (χ2v) is 4.80. The third-order valence-electron chi connectivity index (χ3n) is 3.39. The minimum atomic E-state index is -1.00. The van der Waals surface area contributed by atoms with Crippen LogP contribution >= 0.6 is 0 Å². The van der Waals surface area contributed by atoms with Gasteiger partial charge < -0.3 is 9.84 Å². The van der Waals surface area contributed by atoms with E-state index in [4.69, 9.17) is 4.74 Å². The average Bonchev–Trinajstić information content (AvgIpc) is 2.90. The molecule has 2 aromatic heterocycles. The lowest BCUT2D eigenvalue weighted by atomic mass is 10.0. The number of carboxylic acid groups (broad SMARTS) is 1. The van der Waals surface area contributed by atoms with Crippen LogP contribution in [0.2, 0.25) is 0 Å². The summed E-state index contributed by atoms with van der Waals surface area (Å²) in [4.78, 5) is 15.3. The fourth-order valence-electron chi connectivity index (χ4n) is 2.34. The van der Waals surface area contributed by atoms with Gasteiger partial charge in [0.1, 0.15) is 11.4 Å². The second kappa shape index (κ2) is 4.94. The normalized spacial score (nSPS) is 10.8. The molecule has 0 radical (unpaired) electrons. The van der Waals surface area contributed by atoms with Crippen LogP contribution in [-0.2, 0) is 0 Å². The Morgan fingerprint density at radius 2 is 2.10 bits per heavy atom. The molecule has 1 N–H and O–H groups in total. The number of imidazole rings is 1. The maximum Gasteiger partial charge on any atom is 0.354 e. The van der Waals surface area contributed by atoms with Gasteiger partial charge in [0, 0.05) is 17.3 Å². The van der Waals surface area contributed by atoms with Crippen LogP contribution in [0, 0.1) is 6.92 Å². The highest BCUT2D eigenvalue weighted by atomic mass is 16.5. The summed E-state index contributed by atoms with van der Waals surface area (Å²) in [5, 5.41) is 9.18. The van der Waals surface area contributed by atoms with E-state index >= 15 is 0 Å². The van der Waals surface area contributed by atoms with Crippen LogP contribution in [0.4, 0.5) is 0 Å². The first-order valence-electron chi connectivity index (χ1n) is 6.45. The number of aromatic carboxylic acids is 1. The molecule has 0 amide bonds. The Hall–Kier alpha value is -2.82. The van der Waals surface area contributed by atoms with Crippen LogP contribution in [0.3, 0.4) is 0 Å². The van der Waals surface area contributed by atoms with Crippen LogP contribution in [0.25, 0.3) is 16.8 Å². The summed E-state index contributed by atoms with van der Waals surface area (Å²) in [6.07, 6.45) is 3.12. The van der Waals surface area contributed by atoms with Crippen molar-refractivity contribution in [2.75, 3.05) is 7.11 Å². The molecule has 5 heteroatoms. The van der Waals surface area contributed by atoms with Crippen molar-refractivity contribution >= 4 is 11.6 Å². The molecule has 0 atom stereocenters. The number of carboxylic acids is 1. The van der Waals surface area contributed by atoms with Gasteiger partial charge in [0.05, 0.1) is 13.3 Å². The molecule has 0 bridgehead atoms. The predicted octanol–water partition coefficient (Wildman–Crippen LogP) is 3.02. The summed E-state index contributed by atoms with van der Waals surface area (Å²) in [6.45, 7) is 1.99. The fraction of sp³-hybridized carbons (Fsp3) is 0.125. The van der Waals surface area contributed by atoms with Gasteiger partial charge in [-0.25, -0.2) is 9.78 Å². The van der Waals surface area contributed by atoms with Crippen molar-refractivity contribution in [3.05, 3.63) is 54.0 Å². The molecule has 5 nitrogen and oxygen atoms in total. The van der Waals surface area contributed by atoms with Crippen molar-refractivity contribution in [3.8, 4) is 16.9 Å². The van der Waals surface area contributed by atoms with Crippen molar-refractivity contribution in [2.24, 2.45) is 0 Å². The minimum absolute atomic E-state index is 0.137. The van der Waals surface area contributed by atoms with Gasteiger partial charge in [-0.1, -0.05) is 12.1 Å². The third-order valence-corrected chi connectivity index (χ3v) is 3.39. The first-order chi connectivity index (χ1) is 10.1. The van der Waals surface area contributed by atoms with Crippen LogP contribution < -0.4 is 4.74 Å². The molecular formula is C16H14N2O3. The van der Waals surface area contributed by atoms with Gasteiger partial charge in [0.25, 0.3) is 0 Å². The number of rotatable bonds is 3. The van der Waals surface area contributed by atoms with E-state index in [1.165, 1.54) is 6.20 Å². The summed E-state index contributed by atoms with van der Waals surface area (Å²) in [7, 11) is 1.62. The van der Waals surface area contributed by atoms with E-state index in [0.29, 0.717) is 5.65 Å². The Morgan fingerprint density at radius 1 is 1.29 bits per heavy atom. The van der Waals surface area contributed by atoms with Gasteiger partial charge in [0.2, 0.25) is 0 Å². The van der Waals surface area contributed by atoms with E-state index in [-0.39, 0.29) is 5.69 Å². The first kappa shape index (κ1) is 13.2. The zero-order valence-corrected chi connectivity index (χ0v) is 11.7. The maximum atomic E-state index is 11.2. The molecule has 0 saturated carbocycles. The Bertz CT molecular complexity index is 837. The van der Waals surface area contributed by atoms with E-state index in [2.05, 4.69) is 4.98 Å². The van der Waals surface area contributed by atoms with Gasteiger partial charge in [-0.2, -0.15) is 0 Å². The highest BCUT2D eigenvalue weighted by Gasteiger charge is 2.12. The number of carbonyl (C=O) groups is 1. The number of ether oxygens (including phenoxy) is 1. The molecule has 0 aliphatic rings. The highest BCUT2D eigenvalue weighted by Crippen LogP contribution is 2.31. The fourth-order valence-corrected chi connectivity index (χ4v) is 2.34. The zero-order chi connectivity index (χ0) is 15.0. The van der Waals surface area contributed by atoms with Gasteiger partial charge >= 0.3 is 5.97 Å². The standard InChI is InChI=1S/C16H14N2O3/c1-10-3-5-12(14(7-10)21-2)11-4-6-15-17-8-13(16(19)20)18(15)9-11/h3-9H,1-2H3,(H,19,20). The molecule has 0 spiro atoms. The number of hydrogen-bond acceptors (Lipinski definition) is 3. The average molecular weight is 282 g/mol. The second-order valence-electron chi connectivity index (χ2n) is 4.80. The van der Waals surface area contributed by atoms with Gasteiger partial charge in [0.15, 0.2) is 5.69 Å². The molecule has 3 rings (SSSR count). The van der Waals surface area contributed by atoms with E-state index < -0.39 is 5.97 Å². The molecule has 0 unspecified atom stereocenters. The molecule has 106 valence electrons. The molecule has 21 heavy (non-hydrogen) atoms. The highest BCUT2D eigenvalue weighted by molar-refractivity contribution is 5.87. The van der Waals surface area contributed by atoms with Gasteiger partial charge in [-0.15, -0.1) is 0 Å². The van der Waals surface area contributed by atoms with Crippen molar-refractivity contribution < 1.29 is 14.6 Å². The number of benzene rings is 1. The topological polar surface area (TPSA) is 63.8 Å². The van der Waals surface area contributed by atoms with Crippen LogP contribution in [0.1, 0.15) is 16.1 Å². The van der Waals surface area contributed by atoms with Gasteiger partial charge in [-0.05, 0) is 30.7 Å². The Kier molecular flexibility index (Phi) is 3.10. The van der Waals surface area contributed by atoms with Crippen LogP contribution in [0.15, 0.2) is 42.7 Å². The summed E-state index contributed by atoms with van der Waals surface area (Å²) in [5.41, 5.74) is 3.63. The molecule has 0 saturated heterocycles. The Balaban J connectivity index is 2.21. The third kappa shape index (κ3) is 2.23. The first-order valence-corrected chi connectivity index (χ1v) is 6.45. The molecule has 2 heterocycles. The Labute approximate surface area is 121 Å². The quantitative estimate of drug-likeness (QED) is 0.802. The molecular weight excluding hydrogens is 268 g/mol. The predicted molar refractivity (Wildman–Crippen MR) is 78.9 cm³/mol.